The standard InChI is InChI=1S/C19H25NO/c1-5-20-16(4)17-9-11-18(12-10-17)21-13-19-14(2)7-6-8-15(19)3/h6-12,16,20H,5,13H2,1-4H3. The van der Waals surface area contributed by atoms with Crippen LogP contribution in [0.1, 0.15) is 42.1 Å². The van der Waals surface area contributed by atoms with E-state index in [2.05, 4.69) is 75.5 Å². The molecule has 0 saturated heterocycles. The molecule has 1 atom stereocenters. The van der Waals surface area contributed by atoms with Crippen LogP contribution in [-0.4, -0.2) is 6.54 Å². The van der Waals surface area contributed by atoms with E-state index in [4.69, 9.17) is 4.74 Å². The van der Waals surface area contributed by atoms with Gasteiger partial charge in [-0.25, -0.2) is 0 Å². The molecule has 2 rings (SSSR count). The van der Waals surface area contributed by atoms with Crippen LogP contribution in [0.4, 0.5) is 0 Å². The van der Waals surface area contributed by atoms with Crippen LogP contribution in [0.25, 0.3) is 0 Å². The van der Waals surface area contributed by atoms with Gasteiger partial charge in [0, 0.05) is 6.04 Å². The highest BCUT2D eigenvalue weighted by Crippen LogP contribution is 2.20. The van der Waals surface area contributed by atoms with Gasteiger partial charge in [-0.2, -0.15) is 0 Å². The molecule has 0 aromatic heterocycles. The van der Waals surface area contributed by atoms with Gasteiger partial charge >= 0.3 is 0 Å². The van der Waals surface area contributed by atoms with Crippen LogP contribution in [-0.2, 0) is 6.61 Å². The first-order valence-electron chi connectivity index (χ1n) is 7.63. The summed E-state index contributed by atoms with van der Waals surface area (Å²) >= 11 is 0. The molecule has 112 valence electrons. The van der Waals surface area contributed by atoms with Crippen molar-refractivity contribution >= 4 is 0 Å². The molecule has 2 heteroatoms. The molecular formula is C19H25NO. The number of rotatable bonds is 6. The lowest BCUT2D eigenvalue weighted by atomic mass is 10.0. The van der Waals surface area contributed by atoms with Gasteiger partial charge in [0.1, 0.15) is 12.4 Å². The van der Waals surface area contributed by atoms with Crippen molar-refractivity contribution in [2.45, 2.75) is 40.3 Å². The normalized spacial score (nSPS) is 12.2. The summed E-state index contributed by atoms with van der Waals surface area (Å²) in [5, 5.41) is 3.41. The van der Waals surface area contributed by atoms with E-state index in [0.29, 0.717) is 12.6 Å². The zero-order valence-corrected chi connectivity index (χ0v) is 13.4. The molecule has 21 heavy (non-hydrogen) atoms. The van der Waals surface area contributed by atoms with E-state index in [-0.39, 0.29) is 0 Å². The summed E-state index contributed by atoms with van der Waals surface area (Å²) in [4.78, 5) is 0. The van der Waals surface area contributed by atoms with Crippen LogP contribution >= 0.6 is 0 Å². The number of hydrogen-bond acceptors (Lipinski definition) is 2. The molecule has 1 N–H and O–H groups in total. The second kappa shape index (κ2) is 7.28. The summed E-state index contributed by atoms with van der Waals surface area (Å²) in [5.74, 6) is 0.921. The maximum absolute atomic E-state index is 5.93. The van der Waals surface area contributed by atoms with Gasteiger partial charge in [-0.05, 0) is 61.7 Å². The van der Waals surface area contributed by atoms with Crippen molar-refractivity contribution < 1.29 is 4.74 Å². The first-order chi connectivity index (χ1) is 10.1. The molecule has 2 nitrogen and oxygen atoms in total. The number of aryl methyl sites for hydroxylation is 2. The van der Waals surface area contributed by atoms with Crippen LogP contribution in [0.15, 0.2) is 42.5 Å². The predicted octanol–water partition coefficient (Wildman–Crippen LogP) is 4.55. The van der Waals surface area contributed by atoms with Crippen molar-refractivity contribution in [3.05, 3.63) is 64.7 Å². The number of benzene rings is 2. The van der Waals surface area contributed by atoms with Crippen LogP contribution in [0.2, 0.25) is 0 Å². The summed E-state index contributed by atoms with van der Waals surface area (Å²) in [6.45, 7) is 10.2. The Balaban J connectivity index is 2.01. The average molecular weight is 283 g/mol. The monoisotopic (exact) mass is 283 g/mol. The third-order valence-corrected chi connectivity index (χ3v) is 3.92. The molecular weight excluding hydrogens is 258 g/mol. The van der Waals surface area contributed by atoms with Crippen LogP contribution < -0.4 is 10.1 Å². The molecule has 1 unspecified atom stereocenters. The Morgan fingerprint density at radius 1 is 1.00 bits per heavy atom. The highest BCUT2D eigenvalue weighted by molar-refractivity contribution is 5.34. The van der Waals surface area contributed by atoms with Gasteiger partial charge in [-0.1, -0.05) is 37.3 Å². The minimum Gasteiger partial charge on any atom is -0.489 e. The molecule has 0 bridgehead atoms. The number of ether oxygens (including phenoxy) is 1. The molecule has 0 aliphatic rings. The second-order valence-corrected chi connectivity index (χ2v) is 5.51. The molecule has 0 amide bonds. The Bertz CT molecular complexity index is 554. The van der Waals surface area contributed by atoms with Crippen LogP contribution in [0.3, 0.4) is 0 Å². The molecule has 0 radical (unpaired) electrons. The van der Waals surface area contributed by atoms with Gasteiger partial charge in [0.2, 0.25) is 0 Å². The maximum Gasteiger partial charge on any atom is 0.119 e. The van der Waals surface area contributed by atoms with Crippen molar-refractivity contribution in [2.75, 3.05) is 6.54 Å². The van der Waals surface area contributed by atoms with Gasteiger partial charge in [0.25, 0.3) is 0 Å². The van der Waals surface area contributed by atoms with Gasteiger partial charge in [-0.3, -0.25) is 0 Å². The smallest absolute Gasteiger partial charge is 0.119 e. The van der Waals surface area contributed by atoms with E-state index in [1.165, 1.54) is 22.3 Å². The highest BCUT2D eigenvalue weighted by Gasteiger charge is 2.05. The second-order valence-electron chi connectivity index (χ2n) is 5.51. The lowest BCUT2D eigenvalue weighted by Gasteiger charge is -2.14. The Labute approximate surface area is 128 Å². The molecule has 2 aromatic rings. The average Bonchev–Trinajstić information content (AvgIpc) is 2.47. The van der Waals surface area contributed by atoms with Crippen molar-refractivity contribution in [2.24, 2.45) is 0 Å². The Morgan fingerprint density at radius 3 is 2.19 bits per heavy atom. The summed E-state index contributed by atoms with van der Waals surface area (Å²) in [5.41, 5.74) is 5.14. The fourth-order valence-electron chi connectivity index (χ4n) is 2.51. The van der Waals surface area contributed by atoms with Gasteiger partial charge in [0.05, 0.1) is 0 Å². The fourth-order valence-corrected chi connectivity index (χ4v) is 2.51. The van der Waals surface area contributed by atoms with E-state index in [0.717, 1.165) is 12.3 Å². The number of nitrogens with one attached hydrogen (secondary N) is 1. The van der Waals surface area contributed by atoms with Crippen molar-refractivity contribution in [1.82, 2.24) is 5.32 Å². The molecule has 2 aromatic carbocycles. The minimum absolute atomic E-state index is 0.377. The van der Waals surface area contributed by atoms with Gasteiger partial charge < -0.3 is 10.1 Å². The molecule has 0 saturated carbocycles. The van der Waals surface area contributed by atoms with Gasteiger partial charge in [-0.15, -0.1) is 0 Å². The van der Waals surface area contributed by atoms with E-state index in [9.17, 15) is 0 Å². The summed E-state index contributed by atoms with van der Waals surface area (Å²) < 4.78 is 5.93. The predicted molar refractivity (Wildman–Crippen MR) is 88.8 cm³/mol. The largest absolute Gasteiger partial charge is 0.489 e. The first-order valence-corrected chi connectivity index (χ1v) is 7.63. The summed E-state index contributed by atoms with van der Waals surface area (Å²) in [7, 11) is 0. The third-order valence-electron chi connectivity index (χ3n) is 3.92. The quantitative estimate of drug-likeness (QED) is 0.839. The highest BCUT2D eigenvalue weighted by atomic mass is 16.5. The minimum atomic E-state index is 0.377. The van der Waals surface area contributed by atoms with E-state index in [1.54, 1.807) is 0 Å². The summed E-state index contributed by atoms with van der Waals surface area (Å²) in [6.07, 6.45) is 0. The molecule has 0 fully saturated rings. The summed E-state index contributed by atoms with van der Waals surface area (Å²) in [6, 6.07) is 15.1. The lowest BCUT2D eigenvalue weighted by Crippen LogP contribution is -2.17. The van der Waals surface area contributed by atoms with E-state index >= 15 is 0 Å². The van der Waals surface area contributed by atoms with Crippen molar-refractivity contribution in [3.8, 4) is 5.75 Å². The molecule has 0 spiro atoms. The Morgan fingerprint density at radius 2 is 1.62 bits per heavy atom. The Kier molecular flexibility index (Phi) is 5.40. The maximum atomic E-state index is 5.93. The first kappa shape index (κ1) is 15.6. The molecule has 0 aliphatic heterocycles. The zero-order valence-electron chi connectivity index (χ0n) is 13.4. The molecule has 0 heterocycles. The number of hydrogen-bond donors (Lipinski definition) is 1. The molecule has 0 aliphatic carbocycles. The van der Waals surface area contributed by atoms with E-state index in [1.807, 2.05) is 0 Å². The third kappa shape index (κ3) is 4.08. The van der Waals surface area contributed by atoms with E-state index < -0.39 is 0 Å². The Hall–Kier alpha value is -1.80. The van der Waals surface area contributed by atoms with Crippen LogP contribution in [0, 0.1) is 13.8 Å². The zero-order chi connectivity index (χ0) is 15.2. The van der Waals surface area contributed by atoms with Gasteiger partial charge in [0.15, 0.2) is 0 Å². The lowest BCUT2D eigenvalue weighted by molar-refractivity contribution is 0.304. The van der Waals surface area contributed by atoms with Crippen molar-refractivity contribution in [1.29, 1.82) is 0 Å². The topological polar surface area (TPSA) is 21.3 Å². The van der Waals surface area contributed by atoms with Crippen molar-refractivity contribution in [3.63, 3.8) is 0 Å². The SMILES string of the molecule is CCNC(C)c1ccc(OCc2c(C)cccc2C)cc1. The fraction of sp³-hybridized carbons (Fsp3) is 0.368. The van der Waals surface area contributed by atoms with Crippen LogP contribution in [0.5, 0.6) is 5.75 Å².